The Morgan fingerprint density at radius 2 is 2.14 bits per heavy atom. The van der Waals surface area contributed by atoms with Crippen molar-refractivity contribution < 1.29 is 4.74 Å². The van der Waals surface area contributed by atoms with Gasteiger partial charge in [0.15, 0.2) is 0 Å². The summed E-state index contributed by atoms with van der Waals surface area (Å²) in [6.07, 6.45) is 3.94. The van der Waals surface area contributed by atoms with Crippen molar-refractivity contribution in [2.45, 2.75) is 31.3 Å². The molecule has 2 aliphatic rings. The number of methoxy groups -OCH3 is 1. The fourth-order valence-corrected chi connectivity index (χ4v) is 3.86. The van der Waals surface area contributed by atoms with Crippen LogP contribution in [0.15, 0.2) is 24.3 Å². The van der Waals surface area contributed by atoms with Crippen molar-refractivity contribution in [1.82, 2.24) is 9.80 Å². The van der Waals surface area contributed by atoms with E-state index >= 15 is 0 Å². The van der Waals surface area contributed by atoms with Crippen LogP contribution in [0.5, 0.6) is 5.75 Å². The van der Waals surface area contributed by atoms with Gasteiger partial charge in [0.2, 0.25) is 0 Å². The fraction of sp³-hybridized carbons (Fsp3) is 0.647. The van der Waals surface area contributed by atoms with Crippen molar-refractivity contribution in [3.63, 3.8) is 0 Å². The summed E-state index contributed by atoms with van der Waals surface area (Å²) in [6.45, 7) is 5.49. The molecule has 116 valence electrons. The number of hydrogen-bond donors (Lipinski definition) is 1. The summed E-state index contributed by atoms with van der Waals surface area (Å²) >= 11 is 0. The number of benzene rings is 1. The molecule has 0 saturated carbocycles. The Kier molecular flexibility index (Phi) is 4.78. The standard InChI is InChI=1S/C17H27N3O/c1-21-16-7-2-5-14(11-16)17(12-18)20-10-4-9-19-8-3-6-15(19)13-20/h2,5,7,11,15,17H,3-4,6,8-10,12-13,18H2,1H3. The second kappa shape index (κ2) is 6.77. The van der Waals surface area contributed by atoms with E-state index in [0.717, 1.165) is 24.9 Å². The van der Waals surface area contributed by atoms with Gasteiger partial charge in [-0.15, -0.1) is 0 Å². The summed E-state index contributed by atoms with van der Waals surface area (Å²) in [4.78, 5) is 5.25. The van der Waals surface area contributed by atoms with E-state index in [0.29, 0.717) is 12.6 Å². The Hall–Kier alpha value is -1.10. The first-order chi connectivity index (χ1) is 10.3. The summed E-state index contributed by atoms with van der Waals surface area (Å²) in [5.41, 5.74) is 7.40. The van der Waals surface area contributed by atoms with Gasteiger partial charge in [0, 0.05) is 31.7 Å². The van der Waals surface area contributed by atoms with Crippen LogP contribution >= 0.6 is 0 Å². The third-order valence-electron chi connectivity index (χ3n) is 4.98. The van der Waals surface area contributed by atoms with Gasteiger partial charge in [-0.25, -0.2) is 0 Å². The lowest BCUT2D eigenvalue weighted by atomic mass is 10.0. The molecule has 3 rings (SSSR count). The lowest BCUT2D eigenvalue weighted by molar-refractivity contribution is 0.176. The molecular weight excluding hydrogens is 262 g/mol. The van der Waals surface area contributed by atoms with Crippen molar-refractivity contribution in [2.24, 2.45) is 5.73 Å². The van der Waals surface area contributed by atoms with Crippen LogP contribution in [0, 0.1) is 0 Å². The first-order valence-electron chi connectivity index (χ1n) is 8.14. The normalized spacial score (nSPS) is 25.3. The van der Waals surface area contributed by atoms with Gasteiger partial charge in [0.25, 0.3) is 0 Å². The first-order valence-corrected chi connectivity index (χ1v) is 8.14. The van der Waals surface area contributed by atoms with Gasteiger partial charge in [0.05, 0.1) is 7.11 Å². The molecule has 0 aromatic heterocycles. The minimum Gasteiger partial charge on any atom is -0.497 e. The van der Waals surface area contributed by atoms with Gasteiger partial charge < -0.3 is 10.5 Å². The molecule has 4 heteroatoms. The Bertz CT molecular complexity index is 465. The number of nitrogens with two attached hydrogens (primary N) is 1. The molecule has 1 aromatic rings. The molecule has 2 fully saturated rings. The van der Waals surface area contributed by atoms with Crippen LogP contribution in [-0.2, 0) is 0 Å². The topological polar surface area (TPSA) is 41.7 Å². The molecule has 2 saturated heterocycles. The molecule has 0 spiro atoms. The zero-order chi connectivity index (χ0) is 14.7. The molecule has 4 nitrogen and oxygen atoms in total. The second-order valence-corrected chi connectivity index (χ2v) is 6.21. The highest BCUT2D eigenvalue weighted by atomic mass is 16.5. The Morgan fingerprint density at radius 1 is 1.29 bits per heavy atom. The van der Waals surface area contributed by atoms with Crippen LogP contribution in [0.4, 0.5) is 0 Å². The molecule has 2 N–H and O–H groups in total. The smallest absolute Gasteiger partial charge is 0.119 e. The number of rotatable bonds is 4. The summed E-state index contributed by atoms with van der Waals surface area (Å²) in [5.74, 6) is 0.920. The third-order valence-corrected chi connectivity index (χ3v) is 4.98. The minimum atomic E-state index is 0.306. The molecule has 2 atom stereocenters. The number of hydrogen-bond acceptors (Lipinski definition) is 4. The average molecular weight is 289 g/mol. The van der Waals surface area contributed by atoms with Crippen molar-refractivity contribution in [2.75, 3.05) is 39.8 Å². The van der Waals surface area contributed by atoms with Crippen molar-refractivity contribution >= 4 is 0 Å². The summed E-state index contributed by atoms with van der Waals surface area (Å²) < 4.78 is 5.36. The first kappa shape index (κ1) is 14.8. The van der Waals surface area contributed by atoms with Crippen LogP contribution in [0.2, 0.25) is 0 Å². The molecule has 0 aliphatic carbocycles. The van der Waals surface area contributed by atoms with Gasteiger partial charge >= 0.3 is 0 Å². The monoisotopic (exact) mass is 289 g/mol. The summed E-state index contributed by atoms with van der Waals surface area (Å²) in [7, 11) is 1.72. The third kappa shape index (κ3) is 3.23. The van der Waals surface area contributed by atoms with Crippen molar-refractivity contribution in [3.05, 3.63) is 29.8 Å². The maximum Gasteiger partial charge on any atom is 0.119 e. The van der Waals surface area contributed by atoms with Gasteiger partial charge in [-0.2, -0.15) is 0 Å². The molecular formula is C17H27N3O. The molecule has 2 heterocycles. The van der Waals surface area contributed by atoms with E-state index in [-0.39, 0.29) is 0 Å². The molecule has 21 heavy (non-hydrogen) atoms. The van der Waals surface area contributed by atoms with E-state index < -0.39 is 0 Å². The number of ether oxygens (including phenoxy) is 1. The molecule has 0 amide bonds. The highest BCUT2D eigenvalue weighted by molar-refractivity contribution is 5.30. The van der Waals surface area contributed by atoms with E-state index in [9.17, 15) is 0 Å². The highest BCUT2D eigenvalue weighted by Crippen LogP contribution is 2.28. The van der Waals surface area contributed by atoms with Crippen LogP contribution < -0.4 is 10.5 Å². The molecule has 0 bridgehead atoms. The van der Waals surface area contributed by atoms with E-state index in [1.807, 2.05) is 6.07 Å². The van der Waals surface area contributed by atoms with Gasteiger partial charge in [-0.05, 0) is 50.0 Å². The molecule has 1 aromatic carbocycles. The molecule has 2 unspecified atom stereocenters. The number of fused-ring (bicyclic) bond motifs is 1. The lowest BCUT2D eigenvalue weighted by Crippen LogP contribution is -2.40. The van der Waals surface area contributed by atoms with E-state index in [1.54, 1.807) is 7.11 Å². The van der Waals surface area contributed by atoms with E-state index in [4.69, 9.17) is 10.5 Å². The lowest BCUT2D eigenvalue weighted by Gasteiger charge is -2.32. The van der Waals surface area contributed by atoms with Crippen LogP contribution in [0.1, 0.15) is 30.9 Å². The molecule has 2 aliphatic heterocycles. The fourth-order valence-electron chi connectivity index (χ4n) is 3.86. The van der Waals surface area contributed by atoms with Crippen molar-refractivity contribution in [1.29, 1.82) is 0 Å². The Labute approximate surface area is 127 Å². The van der Waals surface area contributed by atoms with Crippen LogP contribution in [-0.4, -0.2) is 55.7 Å². The minimum absolute atomic E-state index is 0.306. The molecule has 0 radical (unpaired) electrons. The maximum atomic E-state index is 6.12. The SMILES string of the molecule is COc1cccc(C(CN)N2CCCN3CCCC3C2)c1. The zero-order valence-corrected chi connectivity index (χ0v) is 13.0. The summed E-state index contributed by atoms with van der Waals surface area (Å²) in [6, 6.07) is 9.41. The van der Waals surface area contributed by atoms with Crippen LogP contribution in [0.25, 0.3) is 0 Å². The zero-order valence-electron chi connectivity index (χ0n) is 13.0. The highest BCUT2D eigenvalue weighted by Gasteiger charge is 2.31. The van der Waals surface area contributed by atoms with Crippen LogP contribution in [0.3, 0.4) is 0 Å². The second-order valence-electron chi connectivity index (χ2n) is 6.21. The Balaban J connectivity index is 1.78. The quantitative estimate of drug-likeness (QED) is 0.919. The van der Waals surface area contributed by atoms with E-state index in [1.165, 1.54) is 37.9 Å². The Morgan fingerprint density at radius 3 is 2.95 bits per heavy atom. The number of nitrogens with zero attached hydrogens (tertiary/aromatic N) is 2. The van der Waals surface area contributed by atoms with Gasteiger partial charge in [-0.3, -0.25) is 9.80 Å². The maximum absolute atomic E-state index is 6.12. The predicted molar refractivity (Wildman–Crippen MR) is 85.6 cm³/mol. The van der Waals surface area contributed by atoms with E-state index in [2.05, 4.69) is 28.0 Å². The average Bonchev–Trinajstić information content (AvgIpc) is 2.86. The predicted octanol–water partition coefficient (Wildman–Crippen LogP) is 1.87. The summed E-state index contributed by atoms with van der Waals surface area (Å²) in [5, 5.41) is 0. The van der Waals surface area contributed by atoms with Crippen molar-refractivity contribution in [3.8, 4) is 5.75 Å². The van der Waals surface area contributed by atoms with Gasteiger partial charge in [-0.1, -0.05) is 12.1 Å². The largest absolute Gasteiger partial charge is 0.497 e. The van der Waals surface area contributed by atoms with Gasteiger partial charge in [0.1, 0.15) is 5.75 Å².